The van der Waals surface area contributed by atoms with Crippen molar-refractivity contribution in [3.8, 4) is 16.9 Å². The molecule has 2 saturated heterocycles. The van der Waals surface area contributed by atoms with E-state index in [9.17, 15) is 18.0 Å². The molecule has 1 amide bonds. The summed E-state index contributed by atoms with van der Waals surface area (Å²) in [4.78, 5) is 22.8. The van der Waals surface area contributed by atoms with Gasteiger partial charge in [-0.3, -0.25) is 4.79 Å². The number of carbonyl (C=O) groups is 1. The highest BCUT2D eigenvalue weighted by Gasteiger charge is 2.32. The van der Waals surface area contributed by atoms with Crippen molar-refractivity contribution in [1.82, 2.24) is 14.8 Å². The highest BCUT2D eigenvalue weighted by atomic mass is 19.4. The van der Waals surface area contributed by atoms with Crippen molar-refractivity contribution < 1.29 is 22.7 Å². The molecule has 212 valence electrons. The largest absolute Gasteiger partial charge is 0.497 e. The lowest BCUT2D eigenvalue weighted by Crippen LogP contribution is -2.46. The molecule has 2 aliphatic rings. The maximum absolute atomic E-state index is 13.6. The van der Waals surface area contributed by atoms with E-state index in [1.165, 1.54) is 18.9 Å². The Morgan fingerprint density at radius 1 is 1.02 bits per heavy atom. The number of ether oxygens (including phenoxy) is 1. The van der Waals surface area contributed by atoms with Crippen molar-refractivity contribution in [1.29, 1.82) is 0 Å². The van der Waals surface area contributed by atoms with Gasteiger partial charge >= 0.3 is 6.18 Å². The number of methoxy groups -OCH3 is 1. The van der Waals surface area contributed by atoms with Gasteiger partial charge in [0.25, 0.3) is 5.91 Å². The summed E-state index contributed by atoms with van der Waals surface area (Å²) in [6.07, 6.45) is -0.1000. The van der Waals surface area contributed by atoms with Gasteiger partial charge in [-0.05, 0) is 92.7 Å². The van der Waals surface area contributed by atoms with Crippen LogP contribution in [-0.2, 0) is 12.7 Å². The molecule has 40 heavy (non-hydrogen) atoms. The number of halogens is 3. The maximum atomic E-state index is 13.6. The van der Waals surface area contributed by atoms with Crippen LogP contribution >= 0.6 is 0 Å². The number of carbonyl (C=O) groups excluding carboxylic acids is 1. The first-order valence-electron chi connectivity index (χ1n) is 13.8. The Bertz CT molecular complexity index is 1330. The number of hydrogen-bond donors (Lipinski definition) is 1. The van der Waals surface area contributed by atoms with Crippen molar-refractivity contribution in [2.45, 2.75) is 51.4 Å². The van der Waals surface area contributed by atoms with E-state index in [1.54, 1.807) is 26.2 Å². The number of nitrogens with one attached hydrogen (secondary N) is 1. The van der Waals surface area contributed by atoms with Crippen LogP contribution in [0.5, 0.6) is 5.75 Å². The SMILES string of the molecule is COc1ccc(CNc2nc(C(=O)N3CCC(N4CCCC4)CC3)c(C)cc2-c2cccc(C(F)(F)F)c2)cc1. The third-order valence-electron chi connectivity index (χ3n) is 7.94. The molecule has 2 fully saturated rings. The van der Waals surface area contributed by atoms with Gasteiger partial charge in [0.2, 0.25) is 0 Å². The minimum absolute atomic E-state index is 0.138. The summed E-state index contributed by atoms with van der Waals surface area (Å²) in [5.74, 6) is 0.958. The topological polar surface area (TPSA) is 57.7 Å². The number of pyridine rings is 1. The number of nitrogens with zero attached hydrogens (tertiary/aromatic N) is 3. The van der Waals surface area contributed by atoms with E-state index in [0.717, 1.165) is 49.4 Å². The fourth-order valence-corrected chi connectivity index (χ4v) is 5.67. The lowest BCUT2D eigenvalue weighted by molar-refractivity contribution is -0.137. The Morgan fingerprint density at radius 3 is 2.38 bits per heavy atom. The first kappa shape index (κ1) is 28.0. The number of benzene rings is 2. The summed E-state index contributed by atoms with van der Waals surface area (Å²) in [7, 11) is 1.60. The van der Waals surface area contributed by atoms with Crippen LogP contribution in [0.25, 0.3) is 11.1 Å². The normalized spacial score (nSPS) is 16.8. The second kappa shape index (κ2) is 11.9. The molecule has 0 bridgehead atoms. The molecule has 3 heterocycles. The minimum Gasteiger partial charge on any atom is -0.497 e. The van der Waals surface area contributed by atoms with Crippen molar-refractivity contribution in [3.05, 3.63) is 77.0 Å². The molecular formula is C31H35F3N4O2. The molecule has 0 atom stereocenters. The molecule has 0 spiro atoms. The number of rotatable bonds is 7. The molecule has 2 aliphatic heterocycles. The van der Waals surface area contributed by atoms with Crippen LogP contribution in [0.2, 0.25) is 0 Å². The summed E-state index contributed by atoms with van der Waals surface area (Å²) in [6.45, 7) is 5.79. The van der Waals surface area contributed by atoms with Crippen LogP contribution in [0, 0.1) is 6.92 Å². The van der Waals surface area contributed by atoms with E-state index in [4.69, 9.17) is 9.72 Å². The van der Waals surface area contributed by atoms with Crippen LogP contribution in [0.1, 0.15) is 52.9 Å². The number of hydrogen-bond acceptors (Lipinski definition) is 5. The molecule has 9 heteroatoms. The lowest BCUT2D eigenvalue weighted by atomic mass is 9.99. The number of alkyl halides is 3. The van der Waals surface area contributed by atoms with E-state index < -0.39 is 11.7 Å². The predicted octanol–water partition coefficient (Wildman–Crippen LogP) is 6.40. The van der Waals surface area contributed by atoms with Gasteiger partial charge in [-0.1, -0.05) is 24.3 Å². The van der Waals surface area contributed by atoms with Gasteiger partial charge in [-0.15, -0.1) is 0 Å². The number of amides is 1. The van der Waals surface area contributed by atoms with Gasteiger partial charge in [0, 0.05) is 31.2 Å². The molecular weight excluding hydrogens is 517 g/mol. The Kier molecular flexibility index (Phi) is 8.30. The molecule has 1 N–H and O–H groups in total. The zero-order chi connectivity index (χ0) is 28.3. The molecule has 0 aliphatic carbocycles. The van der Waals surface area contributed by atoms with Gasteiger partial charge in [-0.25, -0.2) is 4.98 Å². The number of piperidine rings is 1. The molecule has 1 aromatic heterocycles. The average molecular weight is 553 g/mol. The van der Waals surface area contributed by atoms with E-state index in [2.05, 4.69) is 10.2 Å². The number of likely N-dealkylation sites (tertiary alicyclic amines) is 2. The zero-order valence-electron chi connectivity index (χ0n) is 22.9. The molecule has 3 aromatic rings. The fraction of sp³-hybridized carbons (Fsp3) is 0.419. The third-order valence-corrected chi connectivity index (χ3v) is 7.94. The van der Waals surface area contributed by atoms with Crippen LogP contribution in [0.3, 0.4) is 0 Å². The van der Waals surface area contributed by atoms with Gasteiger partial charge in [0.1, 0.15) is 17.3 Å². The minimum atomic E-state index is -4.47. The predicted molar refractivity (Wildman–Crippen MR) is 149 cm³/mol. The van der Waals surface area contributed by atoms with Crippen molar-refractivity contribution in [2.75, 3.05) is 38.6 Å². The first-order chi connectivity index (χ1) is 19.2. The number of anilines is 1. The highest BCUT2D eigenvalue weighted by Crippen LogP contribution is 2.35. The Labute approximate surface area is 233 Å². The fourth-order valence-electron chi connectivity index (χ4n) is 5.67. The second-order valence-electron chi connectivity index (χ2n) is 10.6. The van der Waals surface area contributed by atoms with Crippen LogP contribution in [0.15, 0.2) is 54.6 Å². The first-order valence-corrected chi connectivity index (χ1v) is 13.8. The van der Waals surface area contributed by atoms with Gasteiger partial charge in [0.15, 0.2) is 0 Å². The Balaban J connectivity index is 1.43. The van der Waals surface area contributed by atoms with Crippen molar-refractivity contribution >= 4 is 11.7 Å². The monoisotopic (exact) mass is 552 g/mol. The standard InChI is InChI=1S/C31H35F3N4O2/c1-21-18-27(23-6-5-7-24(19-23)31(32,33)34)29(35-20-22-8-10-26(40-2)11-9-22)36-28(21)30(39)38-16-12-25(13-17-38)37-14-3-4-15-37/h5-11,18-19,25H,3-4,12-17,20H2,1-2H3,(H,35,36). The lowest BCUT2D eigenvalue weighted by Gasteiger charge is -2.36. The zero-order valence-corrected chi connectivity index (χ0v) is 22.9. The Hall–Kier alpha value is -3.59. The Morgan fingerprint density at radius 2 is 1.73 bits per heavy atom. The summed E-state index contributed by atoms with van der Waals surface area (Å²) >= 11 is 0. The van der Waals surface area contributed by atoms with E-state index in [-0.39, 0.29) is 5.91 Å². The summed E-state index contributed by atoms with van der Waals surface area (Å²) < 4.78 is 45.7. The van der Waals surface area contributed by atoms with E-state index >= 15 is 0 Å². The second-order valence-corrected chi connectivity index (χ2v) is 10.6. The van der Waals surface area contributed by atoms with Crippen LogP contribution in [0.4, 0.5) is 19.0 Å². The summed E-state index contributed by atoms with van der Waals surface area (Å²) in [6, 6.07) is 15.0. The molecule has 5 rings (SSSR count). The van der Waals surface area contributed by atoms with Gasteiger partial charge < -0.3 is 19.9 Å². The third kappa shape index (κ3) is 6.25. The molecule has 6 nitrogen and oxygen atoms in total. The molecule has 0 radical (unpaired) electrons. The maximum Gasteiger partial charge on any atom is 0.416 e. The van der Waals surface area contributed by atoms with Crippen molar-refractivity contribution in [2.24, 2.45) is 0 Å². The average Bonchev–Trinajstić information content (AvgIpc) is 3.51. The highest BCUT2D eigenvalue weighted by molar-refractivity contribution is 5.95. The summed E-state index contributed by atoms with van der Waals surface area (Å²) in [5, 5.41) is 3.28. The van der Waals surface area contributed by atoms with Gasteiger partial charge in [0.05, 0.1) is 12.7 Å². The molecule has 2 aromatic carbocycles. The van der Waals surface area contributed by atoms with Crippen LogP contribution < -0.4 is 10.1 Å². The smallest absolute Gasteiger partial charge is 0.416 e. The van der Waals surface area contributed by atoms with Gasteiger partial charge in [-0.2, -0.15) is 13.2 Å². The van der Waals surface area contributed by atoms with E-state index in [0.29, 0.717) is 53.9 Å². The summed E-state index contributed by atoms with van der Waals surface area (Å²) in [5.41, 5.74) is 2.07. The molecule has 0 unspecified atom stereocenters. The molecule has 0 saturated carbocycles. The number of aryl methyl sites for hydroxylation is 1. The number of aromatic nitrogens is 1. The van der Waals surface area contributed by atoms with E-state index in [1.807, 2.05) is 29.2 Å². The quantitative estimate of drug-likeness (QED) is 0.368. The van der Waals surface area contributed by atoms with Crippen molar-refractivity contribution in [3.63, 3.8) is 0 Å². The van der Waals surface area contributed by atoms with Crippen LogP contribution in [-0.4, -0.2) is 60.0 Å².